The second-order valence-electron chi connectivity index (χ2n) is 7.32. The fourth-order valence-corrected chi connectivity index (χ4v) is 3.90. The number of benzene rings is 3. The van der Waals surface area contributed by atoms with Crippen molar-refractivity contribution in [3.05, 3.63) is 95.1 Å². The van der Waals surface area contributed by atoms with E-state index in [-0.39, 0.29) is 18.1 Å². The maximum absolute atomic E-state index is 13.3. The molecular weight excluding hydrogens is 350 g/mol. The molecule has 2 N–H and O–H groups in total. The van der Waals surface area contributed by atoms with Crippen molar-refractivity contribution in [2.75, 3.05) is 4.90 Å². The predicted molar refractivity (Wildman–Crippen MR) is 109 cm³/mol. The molecule has 0 aliphatic carbocycles. The Hall–Kier alpha value is -3.11. The van der Waals surface area contributed by atoms with E-state index in [0.717, 1.165) is 22.4 Å². The van der Waals surface area contributed by atoms with Gasteiger partial charge < -0.3 is 15.1 Å². The van der Waals surface area contributed by atoms with Crippen molar-refractivity contribution in [1.29, 1.82) is 0 Å². The number of hydrogen-bond acceptors (Lipinski definition) is 3. The summed E-state index contributed by atoms with van der Waals surface area (Å²) >= 11 is 0. The van der Waals surface area contributed by atoms with E-state index in [2.05, 4.69) is 0 Å². The van der Waals surface area contributed by atoms with Crippen LogP contribution in [0.5, 0.6) is 5.75 Å². The van der Waals surface area contributed by atoms with Crippen LogP contribution in [0, 0.1) is 6.92 Å². The summed E-state index contributed by atoms with van der Waals surface area (Å²) in [6.45, 7) is 2.44. The van der Waals surface area contributed by atoms with Crippen molar-refractivity contribution in [3.8, 4) is 5.75 Å². The number of aliphatic hydroxyl groups is 1. The molecule has 1 heterocycles. The number of amides is 1. The van der Waals surface area contributed by atoms with Crippen molar-refractivity contribution < 1.29 is 15.0 Å². The number of fused-ring (bicyclic) bond motifs is 1. The van der Waals surface area contributed by atoms with Crippen molar-refractivity contribution in [2.24, 2.45) is 0 Å². The molecule has 0 aromatic heterocycles. The van der Waals surface area contributed by atoms with Gasteiger partial charge in [-0.05, 0) is 48.6 Å². The zero-order valence-electron chi connectivity index (χ0n) is 15.8. The Kier molecular flexibility index (Phi) is 4.65. The Morgan fingerprint density at radius 2 is 1.54 bits per heavy atom. The van der Waals surface area contributed by atoms with Crippen LogP contribution in [0.1, 0.15) is 28.7 Å². The number of aryl methyl sites for hydroxylation is 2. The lowest BCUT2D eigenvalue weighted by Gasteiger charge is -2.24. The molecule has 0 spiro atoms. The summed E-state index contributed by atoms with van der Waals surface area (Å²) in [6, 6.07) is 22.4. The van der Waals surface area contributed by atoms with Crippen LogP contribution in [0.25, 0.3) is 0 Å². The number of rotatable bonds is 5. The van der Waals surface area contributed by atoms with E-state index < -0.39 is 5.60 Å². The van der Waals surface area contributed by atoms with Crippen LogP contribution in [0.2, 0.25) is 0 Å². The average molecular weight is 373 g/mol. The number of aromatic hydroxyl groups is 1. The molecule has 0 saturated carbocycles. The van der Waals surface area contributed by atoms with Gasteiger partial charge in [0, 0.05) is 5.56 Å². The lowest BCUT2D eigenvalue weighted by Crippen LogP contribution is -2.40. The van der Waals surface area contributed by atoms with Crippen molar-refractivity contribution in [3.63, 3.8) is 0 Å². The molecule has 4 rings (SSSR count). The normalized spacial score (nSPS) is 18.4. The summed E-state index contributed by atoms with van der Waals surface area (Å²) in [4.78, 5) is 15.0. The molecule has 1 aliphatic rings. The summed E-state index contributed by atoms with van der Waals surface area (Å²) in [5.74, 6) is -0.131. The minimum atomic E-state index is -1.60. The van der Waals surface area contributed by atoms with E-state index in [4.69, 9.17) is 0 Å². The van der Waals surface area contributed by atoms with Gasteiger partial charge in [0.2, 0.25) is 0 Å². The first-order valence-corrected chi connectivity index (χ1v) is 9.46. The SMILES string of the molecule is Cc1ccccc1CN1C(=O)C(O)(CCc2ccccc2O)c2ccccc21. The second kappa shape index (κ2) is 7.13. The molecule has 0 radical (unpaired) electrons. The fraction of sp³-hybridized carbons (Fsp3) is 0.208. The molecule has 142 valence electrons. The molecule has 4 heteroatoms. The number of phenolic OH excluding ortho intramolecular Hbond substituents is 1. The molecule has 1 atom stereocenters. The number of hydrogen-bond donors (Lipinski definition) is 2. The van der Waals surface area contributed by atoms with Crippen LogP contribution in [0.15, 0.2) is 72.8 Å². The van der Waals surface area contributed by atoms with Crippen LogP contribution >= 0.6 is 0 Å². The highest BCUT2D eigenvalue weighted by molar-refractivity contribution is 6.06. The fourth-order valence-electron chi connectivity index (χ4n) is 3.90. The van der Waals surface area contributed by atoms with Crippen LogP contribution < -0.4 is 4.90 Å². The van der Waals surface area contributed by atoms with Crippen molar-refractivity contribution >= 4 is 11.6 Å². The smallest absolute Gasteiger partial charge is 0.264 e. The van der Waals surface area contributed by atoms with Gasteiger partial charge in [0.15, 0.2) is 5.60 Å². The number of anilines is 1. The van der Waals surface area contributed by atoms with E-state index >= 15 is 0 Å². The van der Waals surface area contributed by atoms with Gasteiger partial charge in [0.25, 0.3) is 5.91 Å². The summed E-state index contributed by atoms with van der Waals surface area (Å²) in [5.41, 5.74) is 2.66. The molecule has 1 unspecified atom stereocenters. The van der Waals surface area contributed by atoms with Gasteiger partial charge in [-0.15, -0.1) is 0 Å². The summed E-state index contributed by atoms with van der Waals surface area (Å²) in [5, 5.41) is 21.4. The van der Waals surface area contributed by atoms with Gasteiger partial charge in [0.05, 0.1) is 12.2 Å². The molecular formula is C24H23NO3. The van der Waals surface area contributed by atoms with E-state index in [1.54, 1.807) is 17.0 Å². The lowest BCUT2D eigenvalue weighted by atomic mass is 9.88. The van der Waals surface area contributed by atoms with Crippen LogP contribution in [-0.2, 0) is 23.4 Å². The van der Waals surface area contributed by atoms with Gasteiger partial charge in [-0.3, -0.25) is 4.79 Å². The number of para-hydroxylation sites is 2. The molecule has 3 aromatic carbocycles. The first-order valence-electron chi connectivity index (χ1n) is 9.46. The minimum absolute atomic E-state index is 0.182. The number of phenols is 1. The average Bonchev–Trinajstić information content (AvgIpc) is 2.91. The first kappa shape index (κ1) is 18.3. The van der Waals surface area contributed by atoms with Gasteiger partial charge in [0.1, 0.15) is 5.75 Å². The number of nitrogens with zero attached hydrogens (tertiary/aromatic N) is 1. The maximum atomic E-state index is 13.3. The Morgan fingerprint density at radius 3 is 2.29 bits per heavy atom. The number of carbonyl (C=O) groups is 1. The lowest BCUT2D eigenvalue weighted by molar-refractivity contribution is -0.136. The zero-order chi connectivity index (χ0) is 19.7. The van der Waals surface area contributed by atoms with Gasteiger partial charge in [-0.2, -0.15) is 0 Å². The second-order valence-corrected chi connectivity index (χ2v) is 7.32. The predicted octanol–water partition coefficient (Wildman–Crippen LogP) is 4.07. The summed E-state index contributed by atoms with van der Waals surface area (Å²) in [7, 11) is 0. The molecule has 1 amide bonds. The molecule has 0 bridgehead atoms. The van der Waals surface area contributed by atoms with Crippen molar-refractivity contribution in [2.45, 2.75) is 31.9 Å². The molecule has 3 aromatic rings. The largest absolute Gasteiger partial charge is 0.508 e. The minimum Gasteiger partial charge on any atom is -0.508 e. The Balaban J connectivity index is 1.66. The third kappa shape index (κ3) is 3.06. The summed E-state index contributed by atoms with van der Waals surface area (Å²) < 4.78 is 0. The molecule has 0 saturated heterocycles. The van der Waals surface area contributed by atoms with E-state index in [0.29, 0.717) is 18.5 Å². The molecule has 0 fully saturated rings. The zero-order valence-corrected chi connectivity index (χ0v) is 15.8. The van der Waals surface area contributed by atoms with E-state index in [9.17, 15) is 15.0 Å². The van der Waals surface area contributed by atoms with Gasteiger partial charge in [-0.1, -0.05) is 60.7 Å². The standard InChI is InChI=1S/C24H23NO3/c1-17-8-2-3-10-19(17)16-25-21-12-6-5-11-20(21)24(28,23(25)27)15-14-18-9-4-7-13-22(18)26/h2-13,26,28H,14-16H2,1H3. The van der Waals surface area contributed by atoms with Gasteiger partial charge in [-0.25, -0.2) is 0 Å². The van der Waals surface area contributed by atoms with Crippen LogP contribution in [0.4, 0.5) is 5.69 Å². The van der Waals surface area contributed by atoms with Gasteiger partial charge >= 0.3 is 0 Å². The molecule has 4 nitrogen and oxygen atoms in total. The number of carbonyl (C=O) groups excluding carboxylic acids is 1. The Labute approximate surface area is 164 Å². The Morgan fingerprint density at radius 1 is 0.893 bits per heavy atom. The summed E-state index contributed by atoms with van der Waals surface area (Å²) in [6.07, 6.45) is 0.617. The van der Waals surface area contributed by atoms with Crippen LogP contribution in [-0.4, -0.2) is 16.1 Å². The quantitative estimate of drug-likeness (QED) is 0.709. The highest BCUT2D eigenvalue weighted by atomic mass is 16.3. The first-order chi connectivity index (χ1) is 13.5. The van der Waals surface area contributed by atoms with Crippen LogP contribution in [0.3, 0.4) is 0 Å². The highest BCUT2D eigenvalue weighted by Gasteiger charge is 2.49. The molecule has 1 aliphatic heterocycles. The third-order valence-electron chi connectivity index (χ3n) is 5.58. The Bertz CT molecular complexity index is 1030. The van der Waals surface area contributed by atoms with E-state index in [1.807, 2.05) is 67.6 Å². The van der Waals surface area contributed by atoms with Crippen molar-refractivity contribution in [1.82, 2.24) is 0 Å². The van der Waals surface area contributed by atoms with E-state index in [1.165, 1.54) is 0 Å². The topological polar surface area (TPSA) is 60.8 Å². The molecule has 28 heavy (non-hydrogen) atoms. The monoisotopic (exact) mass is 373 g/mol. The third-order valence-corrected chi connectivity index (χ3v) is 5.58. The highest BCUT2D eigenvalue weighted by Crippen LogP contribution is 2.44. The maximum Gasteiger partial charge on any atom is 0.264 e.